The van der Waals surface area contributed by atoms with Crippen molar-refractivity contribution in [2.24, 2.45) is 7.05 Å². The van der Waals surface area contributed by atoms with Crippen molar-refractivity contribution >= 4 is 35.0 Å². The van der Waals surface area contributed by atoms with Gasteiger partial charge in [-0.1, -0.05) is 35.5 Å². The van der Waals surface area contributed by atoms with Crippen molar-refractivity contribution in [2.45, 2.75) is 17.3 Å². The molecule has 1 aromatic heterocycles. The van der Waals surface area contributed by atoms with E-state index >= 15 is 0 Å². The van der Waals surface area contributed by atoms with Gasteiger partial charge in [0.25, 0.3) is 0 Å². The molecule has 3 rings (SSSR count). The minimum Gasteiger partial charge on any atom is -0.497 e. The van der Waals surface area contributed by atoms with E-state index in [0.29, 0.717) is 15.9 Å². The number of amides is 1. The van der Waals surface area contributed by atoms with Crippen molar-refractivity contribution in [2.75, 3.05) is 12.4 Å². The zero-order chi connectivity index (χ0) is 19.4. The van der Waals surface area contributed by atoms with Crippen molar-refractivity contribution in [1.82, 2.24) is 14.8 Å². The number of anilines is 1. The second kappa shape index (κ2) is 8.45. The van der Waals surface area contributed by atoms with Crippen LogP contribution in [0, 0.1) is 0 Å². The fourth-order valence-electron chi connectivity index (χ4n) is 2.42. The molecule has 0 radical (unpaired) electrons. The first-order valence-corrected chi connectivity index (χ1v) is 9.51. The van der Waals surface area contributed by atoms with Crippen LogP contribution in [-0.4, -0.2) is 33.0 Å². The summed E-state index contributed by atoms with van der Waals surface area (Å²) in [4.78, 5) is 12.5. The van der Waals surface area contributed by atoms with Gasteiger partial charge in [-0.3, -0.25) is 4.79 Å². The quantitative estimate of drug-likeness (QED) is 0.624. The van der Waals surface area contributed by atoms with Gasteiger partial charge in [0.1, 0.15) is 5.75 Å². The normalized spacial score (nSPS) is 11.9. The van der Waals surface area contributed by atoms with Crippen LogP contribution >= 0.6 is 23.4 Å². The molecule has 27 heavy (non-hydrogen) atoms. The summed E-state index contributed by atoms with van der Waals surface area (Å²) >= 11 is 7.43. The number of carbonyl (C=O) groups excluding carboxylic acids is 1. The van der Waals surface area contributed by atoms with Crippen LogP contribution in [0.15, 0.2) is 53.7 Å². The molecule has 1 atom stereocenters. The third kappa shape index (κ3) is 4.43. The number of ether oxygens (including phenoxy) is 1. The molecule has 0 aliphatic carbocycles. The summed E-state index contributed by atoms with van der Waals surface area (Å²) in [6, 6.07) is 14.7. The number of aromatic nitrogens is 3. The predicted octanol–water partition coefficient (Wildman–Crippen LogP) is 4.26. The van der Waals surface area contributed by atoms with Crippen molar-refractivity contribution in [3.63, 3.8) is 0 Å². The molecule has 0 saturated heterocycles. The van der Waals surface area contributed by atoms with Crippen molar-refractivity contribution in [1.29, 1.82) is 0 Å². The lowest BCUT2D eigenvalue weighted by molar-refractivity contribution is -0.115. The summed E-state index contributed by atoms with van der Waals surface area (Å²) in [5.74, 6) is 1.35. The number of carbonyl (C=O) groups is 1. The predicted molar refractivity (Wildman–Crippen MR) is 108 cm³/mol. The maximum absolute atomic E-state index is 12.5. The average molecular weight is 403 g/mol. The molecular weight excluding hydrogens is 384 g/mol. The Morgan fingerprint density at radius 3 is 2.56 bits per heavy atom. The lowest BCUT2D eigenvalue weighted by atomic mass is 10.2. The molecule has 3 aromatic rings. The second-order valence-corrected chi connectivity index (χ2v) is 7.54. The molecule has 0 unspecified atom stereocenters. The summed E-state index contributed by atoms with van der Waals surface area (Å²) < 4.78 is 7.04. The molecule has 6 nitrogen and oxygen atoms in total. The molecular formula is C19H19ClN4O2S. The number of thioether (sulfide) groups is 1. The molecule has 0 aliphatic heterocycles. The molecule has 0 saturated carbocycles. The Morgan fingerprint density at radius 1 is 1.19 bits per heavy atom. The van der Waals surface area contributed by atoms with Gasteiger partial charge in [0, 0.05) is 12.6 Å². The fourth-order valence-corrected chi connectivity index (χ4v) is 3.42. The van der Waals surface area contributed by atoms with E-state index in [1.54, 1.807) is 19.2 Å². The maximum atomic E-state index is 12.5. The van der Waals surface area contributed by atoms with Crippen molar-refractivity contribution < 1.29 is 9.53 Å². The molecule has 140 valence electrons. The third-order valence-electron chi connectivity index (χ3n) is 3.97. The number of hydrogen-bond donors (Lipinski definition) is 1. The van der Waals surface area contributed by atoms with Gasteiger partial charge < -0.3 is 14.6 Å². The molecule has 0 fully saturated rings. The van der Waals surface area contributed by atoms with Crippen LogP contribution in [0.5, 0.6) is 5.75 Å². The summed E-state index contributed by atoms with van der Waals surface area (Å²) in [5.41, 5.74) is 1.51. The summed E-state index contributed by atoms with van der Waals surface area (Å²) in [6.45, 7) is 1.82. The highest BCUT2D eigenvalue weighted by molar-refractivity contribution is 8.00. The lowest BCUT2D eigenvalue weighted by Crippen LogP contribution is -2.23. The van der Waals surface area contributed by atoms with Crippen LogP contribution in [0.2, 0.25) is 5.02 Å². The molecule has 2 aromatic carbocycles. The first-order chi connectivity index (χ1) is 13.0. The smallest absolute Gasteiger partial charge is 0.237 e. The SMILES string of the molecule is COc1ccc(-c2nnc(S[C@@H](C)C(=O)Nc3ccccc3Cl)n2C)cc1. The van der Waals surface area contributed by atoms with E-state index in [1.807, 2.05) is 54.9 Å². The van der Waals surface area contributed by atoms with Gasteiger partial charge in [-0.2, -0.15) is 0 Å². The van der Waals surface area contributed by atoms with E-state index in [-0.39, 0.29) is 11.2 Å². The minimum absolute atomic E-state index is 0.151. The number of hydrogen-bond acceptors (Lipinski definition) is 5. The number of methoxy groups -OCH3 is 1. The van der Waals surface area contributed by atoms with Gasteiger partial charge in [-0.05, 0) is 43.3 Å². The number of benzene rings is 2. The maximum Gasteiger partial charge on any atom is 0.237 e. The molecule has 0 aliphatic rings. The zero-order valence-corrected chi connectivity index (χ0v) is 16.7. The standard InChI is InChI=1S/C19H19ClN4O2S/c1-12(18(25)21-16-7-5-4-6-15(16)20)27-19-23-22-17(24(19)2)13-8-10-14(26-3)11-9-13/h4-12H,1-3H3,(H,21,25)/t12-/m0/s1. The van der Waals surface area contributed by atoms with E-state index in [0.717, 1.165) is 17.1 Å². The average Bonchev–Trinajstić information content (AvgIpc) is 3.04. The fraction of sp³-hybridized carbons (Fsp3) is 0.211. The summed E-state index contributed by atoms with van der Waals surface area (Å²) in [6.07, 6.45) is 0. The first kappa shape index (κ1) is 19.3. The Morgan fingerprint density at radius 2 is 1.89 bits per heavy atom. The van der Waals surface area contributed by atoms with Gasteiger partial charge in [0.15, 0.2) is 11.0 Å². The van der Waals surface area contributed by atoms with Gasteiger partial charge in [0.2, 0.25) is 5.91 Å². The van der Waals surface area contributed by atoms with E-state index < -0.39 is 0 Å². The molecule has 0 bridgehead atoms. The van der Waals surface area contributed by atoms with Crippen LogP contribution < -0.4 is 10.1 Å². The van der Waals surface area contributed by atoms with Crippen LogP contribution in [0.4, 0.5) is 5.69 Å². The largest absolute Gasteiger partial charge is 0.497 e. The van der Waals surface area contributed by atoms with E-state index in [9.17, 15) is 4.79 Å². The number of rotatable bonds is 6. The monoisotopic (exact) mass is 402 g/mol. The number of nitrogens with zero attached hydrogens (tertiary/aromatic N) is 3. The number of nitrogens with one attached hydrogen (secondary N) is 1. The summed E-state index contributed by atoms with van der Waals surface area (Å²) in [5, 5.41) is 12.1. The molecule has 1 heterocycles. The highest BCUT2D eigenvalue weighted by atomic mass is 35.5. The Bertz CT molecular complexity index is 943. The van der Waals surface area contributed by atoms with Crippen LogP contribution in [0.25, 0.3) is 11.4 Å². The Labute approximate surface area is 166 Å². The topological polar surface area (TPSA) is 69.0 Å². The van der Waals surface area contributed by atoms with Gasteiger partial charge >= 0.3 is 0 Å². The number of para-hydroxylation sites is 1. The van der Waals surface area contributed by atoms with Crippen LogP contribution in [0.3, 0.4) is 0 Å². The molecule has 1 amide bonds. The van der Waals surface area contributed by atoms with E-state index in [4.69, 9.17) is 16.3 Å². The van der Waals surface area contributed by atoms with Crippen LogP contribution in [0.1, 0.15) is 6.92 Å². The highest BCUT2D eigenvalue weighted by Gasteiger charge is 2.20. The molecule has 8 heteroatoms. The highest BCUT2D eigenvalue weighted by Crippen LogP contribution is 2.28. The van der Waals surface area contributed by atoms with Gasteiger partial charge in [-0.15, -0.1) is 10.2 Å². The molecule has 0 spiro atoms. The Kier molecular flexibility index (Phi) is 6.03. The second-order valence-electron chi connectivity index (χ2n) is 5.82. The van der Waals surface area contributed by atoms with E-state index in [2.05, 4.69) is 15.5 Å². The Balaban J connectivity index is 1.71. The van der Waals surface area contributed by atoms with Crippen molar-refractivity contribution in [3.05, 3.63) is 53.6 Å². The Hall–Kier alpha value is -2.51. The summed E-state index contributed by atoms with van der Waals surface area (Å²) in [7, 11) is 3.50. The lowest BCUT2D eigenvalue weighted by Gasteiger charge is -2.12. The van der Waals surface area contributed by atoms with E-state index in [1.165, 1.54) is 11.8 Å². The minimum atomic E-state index is -0.368. The van der Waals surface area contributed by atoms with Gasteiger partial charge in [-0.25, -0.2) is 0 Å². The molecule has 1 N–H and O–H groups in total. The zero-order valence-electron chi connectivity index (χ0n) is 15.1. The first-order valence-electron chi connectivity index (χ1n) is 8.25. The van der Waals surface area contributed by atoms with Gasteiger partial charge in [0.05, 0.1) is 23.1 Å². The number of halogens is 1. The van der Waals surface area contributed by atoms with Crippen molar-refractivity contribution in [3.8, 4) is 17.1 Å². The van der Waals surface area contributed by atoms with Crippen LogP contribution in [-0.2, 0) is 11.8 Å². The third-order valence-corrected chi connectivity index (χ3v) is 5.43.